The third-order valence-corrected chi connectivity index (χ3v) is 6.48. The molecule has 2 aromatic carbocycles. The Balaban J connectivity index is 1.39. The minimum Gasteiger partial charge on any atom is -0.445 e. The van der Waals surface area contributed by atoms with Crippen LogP contribution in [-0.4, -0.2) is 38.5 Å². The molecule has 2 aromatic rings. The molecule has 1 N–H and O–H groups in total. The molecule has 154 valence electrons. The van der Waals surface area contributed by atoms with Crippen molar-refractivity contribution in [3.63, 3.8) is 0 Å². The van der Waals surface area contributed by atoms with Crippen LogP contribution in [0.1, 0.15) is 24.0 Å². The Labute approximate surface area is 172 Å². The van der Waals surface area contributed by atoms with E-state index in [1.165, 1.54) is 9.71 Å². The van der Waals surface area contributed by atoms with E-state index in [4.69, 9.17) is 4.74 Å². The predicted molar refractivity (Wildman–Crippen MR) is 113 cm³/mol. The van der Waals surface area contributed by atoms with Gasteiger partial charge in [-0.1, -0.05) is 60.7 Å². The number of benzene rings is 2. The first-order chi connectivity index (χ1) is 14.0. The van der Waals surface area contributed by atoms with Crippen molar-refractivity contribution in [2.24, 2.45) is 5.92 Å². The average molecular weight is 415 g/mol. The van der Waals surface area contributed by atoms with Crippen molar-refractivity contribution in [2.45, 2.75) is 19.4 Å². The largest absolute Gasteiger partial charge is 0.445 e. The highest BCUT2D eigenvalue weighted by molar-refractivity contribution is 7.92. The maximum atomic E-state index is 12.5. The number of carbonyl (C=O) groups is 1. The smallest absolute Gasteiger partial charge is 0.407 e. The van der Waals surface area contributed by atoms with Crippen LogP contribution in [0.25, 0.3) is 6.08 Å². The van der Waals surface area contributed by atoms with Crippen molar-refractivity contribution in [2.75, 3.05) is 19.6 Å². The van der Waals surface area contributed by atoms with Crippen LogP contribution in [0, 0.1) is 5.92 Å². The van der Waals surface area contributed by atoms with Crippen LogP contribution in [0.5, 0.6) is 0 Å². The predicted octanol–water partition coefficient (Wildman–Crippen LogP) is 3.63. The number of piperidine rings is 1. The number of hydrogen-bond donors (Lipinski definition) is 1. The van der Waals surface area contributed by atoms with Gasteiger partial charge in [0, 0.05) is 25.0 Å². The number of sulfonamides is 1. The van der Waals surface area contributed by atoms with E-state index in [9.17, 15) is 13.2 Å². The van der Waals surface area contributed by atoms with Gasteiger partial charge in [-0.3, -0.25) is 0 Å². The van der Waals surface area contributed by atoms with Gasteiger partial charge < -0.3 is 10.1 Å². The summed E-state index contributed by atoms with van der Waals surface area (Å²) in [6, 6.07) is 18.9. The van der Waals surface area contributed by atoms with Crippen molar-refractivity contribution in [3.05, 3.63) is 77.2 Å². The fourth-order valence-corrected chi connectivity index (χ4v) is 4.41. The molecule has 1 saturated heterocycles. The minimum absolute atomic E-state index is 0.233. The van der Waals surface area contributed by atoms with E-state index < -0.39 is 16.1 Å². The van der Waals surface area contributed by atoms with E-state index in [0.717, 1.165) is 11.1 Å². The second-order valence-electron chi connectivity index (χ2n) is 7.04. The maximum absolute atomic E-state index is 12.5. The molecule has 29 heavy (non-hydrogen) atoms. The normalized spacial score (nSPS) is 16.0. The summed E-state index contributed by atoms with van der Waals surface area (Å²) >= 11 is 0. The van der Waals surface area contributed by atoms with E-state index in [2.05, 4.69) is 5.32 Å². The highest BCUT2D eigenvalue weighted by Gasteiger charge is 2.26. The van der Waals surface area contributed by atoms with Crippen molar-refractivity contribution in [1.29, 1.82) is 0 Å². The molecule has 0 unspecified atom stereocenters. The van der Waals surface area contributed by atoms with E-state index in [1.807, 2.05) is 60.7 Å². The molecule has 3 rings (SSSR count). The Hall–Kier alpha value is -2.64. The van der Waals surface area contributed by atoms with Crippen molar-refractivity contribution >= 4 is 22.2 Å². The number of amides is 1. The van der Waals surface area contributed by atoms with Crippen LogP contribution in [0.4, 0.5) is 4.79 Å². The molecule has 0 spiro atoms. The summed E-state index contributed by atoms with van der Waals surface area (Å²) in [5, 5.41) is 4.05. The van der Waals surface area contributed by atoms with Crippen LogP contribution in [0.2, 0.25) is 0 Å². The van der Waals surface area contributed by atoms with E-state index in [-0.39, 0.29) is 12.5 Å². The molecule has 1 aliphatic heterocycles. The third-order valence-electron chi connectivity index (χ3n) is 4.91. The van der Waals surface area contributed by atoms with Gasteiger partial charge in [0.25, 0.3) is 0 Å². The molecule has 0 aromatic heterocycles. The van der Waals surface area contributed by atoms with Gasteiger partial charge in [0.1, 0.15) is 6.61 Å². The fraction of sp³-hybridized carbons (Fsp3) is 0.318. The first-order valence-electron chi connectivity index (χ1n) is 9.71. The summed E-state index contributed by atoms with van der Waals surface area (Å²) < 4.78 is 31.7. The lowest BCUT2D eigenvalue weighted by Gasteiger charge is -2.30. The van der Waals surface area contributed by atoms with Gasteiger partial charge in [-0.25, -0.2) is 13.2 Å². The van der Waals surface area contributed by atoms with E-state index in [1.54, 1.807) is 6.08 Å². The zero-order valence-electron chi connectivity index (χ0n) is 16.2. The molecule has 7 heteroatoms. The summed E-state index contributed by atoms with van der Waals surface area (Å²) in [7, 11) is -3.43. The van der Waals surface area contributed by atoms with Gasteiger partial charge in [-0.15, -0.1) is 0 Å². The van der Waals surface area contributed by atoms with Crippen LogP contribution >= 0.6 is 0 Å². The number of ether oxygens (including phenoxy) is 1. The van der Waals surface area contributed by atoms with Crippen molar-refractivity contribution in [1.82, 2.24) is 9.62 Å². The third kappa shape index (κ3) is 6.73. The molecule has 0 aliphatic carbocycles. The molecule has 0 atom stereocenters. The van der Waals surface area contributed by atoms with Crippen molar-refractivity contribution < 1.29 is 17.9 Å². The summed E-state index contributed by atoms with van der Waals surface area (Å²) in [4.78, 5) is 11.9. The van der Waals surface area contributed by atoms with Gasteiger partial charge in [-0.05, 0) is 36.0 Å². The van der Waals surface area contributed by atoms with Crippen LogP contribution in [0.3, 0.4) is 0 Å². The van der Waals surface area contributed by atoms with E-state index >= 15 is 0 Å². The molecule has 0 radical (unpaired) electrons. The van der Waals surface area contributed by atoms with Gasteiger partial charge in [-0.2, -0.15) is 4.31 Å². The molecule has 1 amide bonds. The second-order valence-corrected chi connectivity index (χ2v) is 8.86. The van der Waals surface area contributed by atoms with Crippen LogP contribution in [-0.2, 0) is 21.4 Å². The average Bonchev–Trinajstić information content (AvgIpc) is 2.77. The molecule has 1 fully saturated rings. The number of alkyl carbamates (subject to hydrolysis) is 1. The minimum atomic E-state index is -3.43. The van der Waals surface area contributed by atoms with Crippen LogP contribution < -0.4 is 5.32 Å². The zero-order valence-corrected chi connectivity index (χ0v) is 17.1. The van der Waals surface area contributed by atoms with Gasteiger partial charge in [0.05, 0.1) is 0 Å². The maximum Gasteiger partial charge on any atom is 0.407 e. The van der Waals surface area contributed by atoms with Crippen molar-refractivity contribution in [3.8, 4) is 0 Å². The highest BCUT2D eigenvalue weighted by Crippen LogP contribution is 2.20. The molecule has 1 aliphatic rings. The number of nitrogens with zero attached hydrogens (tertiary/aromatic N) is 1. The Morgan fingerprint density at radius 3 is 2.31 bits per heavy atom. The Bertz CT molecular complexity index is 906. The number of carbonyl (C=O) groups excluding carboxylic acids is 1. The SMILES string of the molecule is O=C(NCC1CCN(S(=O)(=O)/C=C/c2ccccc2)CC1)OCc1ccccc1. The van der Waals surface area contributed by atoms with E-state index in [0.29, 0.717) is 32.5 Å². The summed E-state index contributed by atoms with van der Waals surface area (Å²) in [5.74, 6) is 0.240. The molecule has 1 heterocycles. The topological polar surface area (TPSA) is 75.7 Å². The van der Waals surface area contributed by atoms with Crippen LogP contribution in [0.15, 0.2) is 66.1 Å². The molecule has 0 bridgehead atoms. The zero-order chi connectivity index (χ0) is 20.5. The monoisotopic (exact) mass is 414 g/mol. The first kappa shape index (κ1) is 21.1. The Morgan fingerprint density at radius 1 is 1.03 bits per heavy atom. The van der Waals surface area contributed by atoms with Gasteiger partial charge >= 0.3 is 6.09 Å². The lowest BCUT2D eigenvalue weighted by molar-refractivity contribution is 0.136. The first-order valence-corrected chi connectivity index (χ1v) is 11.2. The Kier molecular flexibility index (Phi) is 7.43. The molecular formula is C22H26N2O4S. The summed E-state index contributed by atoms with van der Waals surface area (Å²) in [6.07, 6.45) is 2.58. The van der Waals surface area contributed by atoms with Gasteiger partial charge in [0.2, 0.25) is 10.0 Å². The highest BCUT2D eigenvalue weighted by atomic mass is 32.2. The number of hydrogen-bond acceptors (Lipinski definition) is 4. The summed E-state index contributed by atoms with van der Waals surface area (Å²) in [5.41, 5.74) is 1.79. The quantitative estimate of drug-likeness (QED) is 0.751. The summed E-state index contributed by atoms with van der Waals surface area (Å²) in [6.45, 7) is 1.62. The lowest BCUT2D eigenvalue weighted by atomic mass is 9.98. The van der Waals surface area contributed by atoms with Gasteiger partial charge in [0.15, 0.2) is 0 Å². The lowest BCUT2D eigenvalue weighted by Crippen LogP contribution is -2.40. The second kappa shape index (κ2) is 10.2. The fourth-order valence-electron chi connectivity index (χ4n) is 3.18. The Morgan fingerprint density at radius 2 is 1.66 bits per heavy atom. The number of nitrogens with one attached hydrogen (secondary N) is 1. The number of rotatable bonds is 7. The molecule has 0 saturated carbocycles. The molecular weight excluding hydrogens is 388 g/mol. The standard InChI is InChI=1S/C22H26N2O4S/c25-22(28-18-21-9-5-2-6-10-21)23-17-20-11-14-24(15-12-20)29(26,27)16-13-19-7-3-1-4-8-19/h1-10,13,16,20H,11-12,14-15,17-18H2,(H,23,25)/b16-13+. The molecule has 6 nitrogen and oxygen atoms in total.